The third-order valence-corrected chi connectivity index (χ3v) is 4.93. The zero-order valence-electron chi connectivity index (χ0n) is 16.3. The number of hydrogen-bond donors (Lipinski definition) is 1. The number of anilines is 4. The minimum atomic E-state index is -0.367. The van der Waals surface area contributed by atoms with Crippen molar-refractivity contribution in [2.45, 2.75) is 0 Å². The molecule has 1 aliphatic rings. The van der Waals surface area contributed by atoms with Crippen LogP contribution in [0.5, 0.6) is 0 Å². The van der Waals surface area contributed by atoms with E-state index in [4.69, 9.17) is 4.74 Å². The molecule has 0 unspecified atom stereocenters. The number of carbonyl (C=O) groups excluding carboxylic acids is 1. The summed E-state index contributed by atoms with van der Waals surface area (Å²) in [6, 6.07) is 19.5. The van der Waals surface area contributed by atoms with Crippen molar-refractivity contribution in [1.29, 1.82) is 0 Å². The Bertz CT molecular complexity index is 972. The fourth-order valence-electron chi connectivity index (χ4n) is 3.41. The number of carbonyl (C=O) groups is 1. The summed E-state index contributed by atoms with van der Waals surface area (Å²) in [4.78, 5) is 25.1. The van der Waals surface area contributed by atoms with Crippen molar-refractivity contribution in [1.82, 2.24) is 9.97 Å². The third kappa shape index (κ3) is 4.45. The fraction of sp³-hybridized carbons (Fsp3) is 0.227. The third-order valence-electron chi connectivity index (χ3n) is 4.93. The van der Waals surface area contributed by atoms with Gasteiger partial charge in [0.05, 0.1) is 12.7 Å². The molecule has 1 N–H and O–H groups in total. The highest BCUT2D eigenvalue weighted by molar-refractivity contribution is 5.90. The number of nitrogens with one attached hydrogen (secondary N) is 1. The van der Waals surface area contributed by atoms with Gasteiger partial charge in [-0.3, -0.25) is 0 Å². The normalized spacial score (nSPS) is 13.8. The lowest BCUT2D eigenvalue weighted by molar-refractivity contribution is 0.0601. The maximum absolute atomic E-state index is 11.7. The number of methoxy groups -OCH3 is 1. The second-order valence-electron chi connectivity index (χ2n) is 6.77. The van der Waals surface area contributed by atoms with E-state index in [1.807, 2.05) is 18.2 Å². The molecule has 1 aliphatic heterocycles. The Morgan fingerprint density at radius 1 is 0.931 bits per heavy atom. The topological polar surface area (TPSA) is 70.6 Å². The smallest absolute Gasteiger partial charge is 0.337 e. The monoisotopic (exact) mass is 389 g/mol. The molecule has 0 atom stereocenters. The van der Waals surface area contributed by atoms with Crippen LogP contribution in [-0.2, 0) is 4.74 Å². The summed E-state index contributed by atoms with van der Waals surface area (Å²) in [6.45, 7) is 3.67. The molecule has 0 saturated carbocycles. The van der Waals surface area contributed by atoms with Gasteiger partial charge in [-0.2, -0.15) is 0 Å². The van der Waals surface area contributed by atoms with Crippen LogP contribution in [0.2, 0.25) is 0 Å². The van der Waals surface area contributed by atoms with Crippen molar-refractivity contribution in [2.75, 3.05) is 48.4 Å². The zero-order valence-corrected chi connectivity index (χ0v) is 16.3. The minimum absolute atomic E-state index is 0.367. The molecular weight excluding hydrogens is 366 g/mol. The molecule has 1 fully saturated rings. The molecule has 1 saturated heterocycles. The number of piperazine rings is 1. The predicted octanol–water partition coefficient (Wildman–Crippen LogP) is 3.33. The molecule has 2 heterocycles. The van der Waals surface area contributed by atoms with E-state index in [1.165, 1.54) is 12.8 Å². The number of esters is 1. The first-order valence-electron chi connectivity index (χ1n) is 9.55. The van der Waals surface area contributed by atoms with Crippen LogP contribution < -0.4 is 15.1 Å². The lowest BCUT2D eigenvalue weighted by atomic mass is 10.2. The van der Waals surface area contributed by atoms with Gasteiger partial charge in [0.15, 0.2) is 0 Å². The van der Waals surface area contributed by atoms with E-state index in [1.54, 1.807) is 24.5 Å². The van der Waals surface area contributed by atoms with Crippen LogP contribution in [0.4, 0.5) is 23.0 Å². The molecule has 148 valence electrons. The van der Waals surface area contributed by atoms with Crippen molar-refractivity contribution in [3.63, 3.8) is 0 Å². The van der Waals surface area contributed by atoms with E-state index in [0.29, 0.717) is 11.4 Å². The van der Waals surface area contributed by atoms with Crippen LogP contribution in [0, 0.1) is 0 Å². The summed E-state index contributed by atoms with van der Waals surface area (Å²) >= 11 is 0. The molecule has 0 spiro atoms. The lowest BCUT2D eigenvalue weighted by Crippen LogP contribution is -2.46. The standard InChI is InChI=1S/C22H23N5O2/c1-29-22(28)17-6-5-7-18(14-17)25-20-15-21(24-16-23-20)27-12-10-26(11-13-27)19-8-3-2-4-9-19/h2-9,14-16H,10-13H2,1H3,(H,23,24,25). The molecule has 7 nitrogen and oxygen atoms in total. The van der Waals surface area contributed by atoms with E-state index < -0.39 is 0 Å². The van der Waals surface area contributed by atoms with Gasteiger partial charge in [0.25, 0.3) is 0 Å². The number of rotatable bonds is 5. The van der Waals surface area contributed by atoms with Gasteiger partial charge in [0.1, 0.15) is 18.0 Å². The average Bonchev–Trinajstić information content (AvgIpc) is 2.79. The van der Waals surface area contributed by atoms with Gasteiger partial charge < -0.3 is 19.9 Å². The van der Waals surface area contributed by atoms with Crippen molar-refractivity contribution >= 4 is 29.0 Å². The SMILES string of the molecule is COC(=O)c1cccc(Nc2cc(N3CCN(c4ccccc4)CC3)ncn2)c1. The van der Waals surface area contributed by atoms with Crippen LogP contribution in [0.1, 0.15) is 10.4 Å². The molecule has 0 amide bonds. The second-order valence-corrected chi connectivity index (χ2v) is 6.77. The molecule has 0 bridgehead atoms. The first-order valence-corrected chi connectivity index (χ1v) is 9.55. The van der Waals surface area contributed by atoms with E-state index in [0.717, 1.165) is 37.7 Å². The number of benzene rings is 2. The predicted molar refractivity (Wildman–Crippen MR) is 114 cm³/mol. The Morgan fingerprint density at radius 2 is 1.69 bits per heavy atom. The zero-order chi connectivity index (χ0) is 20.1. The molecule has 3 aromatic rings. The largest absolute Gasteiger partial charge is 0.465 e. The Kier molecular flexibility index (Phi) is 5.56. The molecule has 0 radical (unpaired) electrons. The van der Waals surface area contributed by atoms with Crippen LogP contribution in [0.15, 0.2) is 67.0 Å². The molecular formula is C22H23N5O2. The van der Waals surface area contributed by atoms with Crippen LogP contribution in [-0.4, -0.2) is 49.2 Å². The maximum Gasteiger partial charge on any atom is 0.337 e. The van der Waals surface area contributed by atoms with E-state index in [2.05, 4.69) is 49.4 Å². The van der Waals surface area contributed by atoms with Gasteiger partial charge in [0.2, 0.25) is 0 Å². The molecule has 4 rings (SSSR count). The van der Waals surface area contributed by atoms with Crippen molar-refractivity contribution in [3.05, 3.63) is 72.6 Å². The van der Waals surface area contributed by atoms with Gasteiger partial charge >= 0.3 is 5.97 Å². The summed E-state index contributed by atoms with van der Waals surface area (Å²) in [7, 11) is 1.37. The highest BCUT2D eigenvalue weighted by Crippen LogP contribution is 2.22. The van der Waals surface area contributed by atoms with E-state index in [-0.39, 0.29) is 5.97 Å². The van der Waals surface area contributed by atoms with E-state index in [9.17, 15) is 4.79 Å². The molecule has 7 heteroatoms. The van der Waals surface area contributed by atoms with Gasteiger partial charge in [-0.15, -0.1) is 0 Å². The van der Waals surface area contributed by atoms with E-state index >= 15 is 0 Å². The number of para-hydroxylation sites is 1. The molecule has 0 aliphatic carbocycles. The summed E-state index contributed by atoms with van der Waals surface area (Å²) in [5.41, 5.74) is 2.51. The lowest BCUT2D eigenvalue weighted by Gasteiger charge is -2.36. The van der Waals surface area contributed by atoms with Crippen molar-refractivity contribution in [2.24, 2.45) is 0 Å². The molecule has 1 aromatic heterocycles. The molecule has 2 aromatic carbocycles. The van der Waals surface area contributed by atoms with Crippen molar-refractivity contribution in [3.8, 4) is 0 Å². The van der Waals surface area contributed by atoms with Gasteiger partial charge in [-0.05, 0) is 30.3 Å². The number of ether oxygens (including phenoxy) is 1. The Labute approximate surface area is 170 Å². The first kappa shape index (κ1) is 18.7. The Hall–Kier alpha value is -3.61. The summed E-state index contributed by atoms with van der Waals surface area (Å²) in [6.07, 6.45) is 1.56. The minimum Gasteiger partial charge on any atom is -0.465 e. The van der Waals surface area contributed by atoms with Gasteiger partial charge in [-0.25, -0.2) is 14.8 Å². The number of aromatic nitrogens is 2. The average molecular weight is 389 g/mol. The molecule has 29 heavy (non-hydrogen) atoms. The van der Waals surface area contributed by atoms with Crippen LogP contribution in [0.25, 0.3) is 0 Å². The van der Waals surface area contributed by atoms with Gasteiger partial charge in [-0.1, -0.05) is 24.3 Å². The first-order chi connectivity index (χ1) is 14.2. The van der Waals surface area contributed by atoms with Gasteiger partial charge in [0, 0.05) is 43.6 Å². The summed E-state index contributed by atoms with van der Waals surface area (Å²) < 4.78 is 4.78. The Balaban J connectivity index is 1.42. The fourth-order valence-corrected chi connectivity index (χ4v) is 3.41. The maximum atomic E-state index is 11.7. The summed E-state index contributed by atoms with van der Waals surface area (Å²) in [5, 5.41) is 3.24. The quantitative estimate of drug-likeness (QED) is 0.671. The van der Waals surface area contributed by atoms with Crippen LogP contribution in [0.3, 0.4) is 0 Å². The highest BCUT2D eigenvalue weighted by atomic mass is 16.5. The second kappa shape index (κ2) is 8.60. The number of hydrogen-bond acceptors (Lipinski definition) is 7. The van der Waals surface area contributed by atoms with Crippen molar-refractivity contribution < 1.29 is 9.53 Å². The summed E-state index contributed by atoms with van der Waals surface area (Å²) in [5.74, 6) is 1.20. The highest BCUT2D eigenvalue weighted by Gasteiger charge is 2.18. The Morgan fingerprint density at radius 3 is 2.45 bits per heavy atom. The van der Waals surface area contributed by atoms with Crippen LogP contribution >= 0.6 is 0 Å². The number of nitrogens with zero attached hydrogens (tertiary/aromatic N) is 4.